The Bertz CT molecular complexity index is 1070. The normalized spacial score (nSPS) is 13.9. The van der Waals surface area contributed by atoms with Crippen molar-refractivity contribution in [3.8, 4) is 6.07 Å². The van der Waals surface area contributed by atoms with Crippen molar-refractivity contribution in [3.05, 3.63) is 65.2 Å². The van der Waals surface area contributed by atoms with Gasteiger partial charge in [-0.3, -0.25) is 0 Å². The Morgan fingerprint density at radius 1 is 1.22 bits per heavy atom. The molecule has 0 bridgehead atoms. The maximum atomic E-state index is 8.89. The summed E-state index contributed by atoms with van der Waals surface area (Å²) in [6, 6.07) is 17.5. The number of anilines is 1. The SMILES string of the molecule is CC(=O)[O-].CCN(CCC#N)c1ccc(/C=C/C2=[N+](C)c3ccccc3C2(C)C)c(C)c1. The Balaban J connectivity index is 0.000000837. The van der Waals surface area contributed by atoms with E-state index in [-0.39, 0.29) is 5.41 Å². The number of fused-ring (bicyclic) bond motifs is 1. The van der Waals surface area contributed by atoms with Crippen molar-refractivity contribution in [2.45, 2.75) is 46.5 Å². The first-order valence-electron chi connectivity index (χ1n) is 10.9. The number of allylic oxidation sites excluding steroid dienone is 1. The fourth-order valence-electron chi connectivity index (χ4n) is 4.17. The summed E-state index contributed by atoms with van der Waals surface area (Å²) >= 11 is 0. The number of hydrogen-bond donors (Lipinski definition) is 0. The lowest BCUT2D eigenvalue weighted by atomic mass is 9.81. The van der Waals surface area contributed by atoms with Crippen molar-refractivity contribution in [1.82, 2.24) is 0 Å². The van der Waals surface area contributed by atoms with Crippen LogP contribution >= 0.6 is 0 Å². The third-order valence-corrected chi connectivity index (χ3v) is 5.85. The van der Waals surface area contributed by atoms with Crippen molar-refractivity contribution in [2.75, 3.05) is 25.0 Å². The summed E-state index contributed by atoms with van der Waals surface area (Å²) in [5.74, 6) is -1.08. The summed E-state index contributed by atoms with van der Waals surface area (Å²) in [6.07, 6.45) is 5.04. The minimum absolute atomic E-state index is 0.00794. The number of carbonyl (C=O) groups excluding carboxylic acids is 1. The molecular weight excluding hydrogens is 398 g/mol. The fourth-order valence-corrected chi connectivity index (χ4v) is 4.17. The number of hydrogen-bond acceptors (Lipinski definition) is 4. The van der Waals surface area contributed by atoms with E-state index in [0.717, 1.165) is 20.0 Å². The molecule has 0 aliphatic carbocycles. The van der Waals surface area contributed by atoms with Gasteiger partial charge >= 0.3 is 0 Å². The molecule has 0 amide bonds. The number of rotatable bonds is 6. The van der Waals surface area contributed by atoms with E-state index < -0.39 is 5.97 Å². The van der Waals surface area contributed by atoms with Crippen LogP contribution in [0, 0.1) is 18.3 Å². The van der Waals surface area contributed by atoms with Gasteiger partial charge in [-0.05, 0) is 64.0 Å². The average Bonchev–Trinajstić information content (AvgIpc) is 2.93. The molecule has 2 aromatic carbocycles. The highest BCUT2D eigenvalue weighted by Crippen LogP contribution is 2.39. The third-order valence-electron chi connectivity index (χ3n) is 5.85. The van der Waals surface area contributed by atoms with Crippen LogP contribution in [0.3, 0.4) is 0 Å². The van der Waals surface area contributed by atoms with E-state index >= 15 is 0 Å². The number of nitrogens with zero attached hydrogens (tertiary/aromatic N) is 3. The van der Waals surface area contributed by atoms with E-state index in [1.54, 1.807) is 0 Å². The molecule has 3 rings (SSSR count). The predicted octanol–water partition coefficient (Wildman–Crippen LogP) is 4.21. The van der Waals surface area contributed by atoms with E-state index in [0.29, 0.717) is 6.42 Å². The molecule has 0 saturated heterocycles. The number of aliphatic carboxylic acids is 1. The molecule has 168 valence electrons. The second kappa shape index (κ2) is 10.8. The highest BCUT2D eigenvalue weighted by atomic mass is 16.4. The lowest BCUT2D eigenvalue weighted by molar-refractivity contribution is -0.401. The summed E-state index contributed by atoms with van der Waals surface area (Å²) in [7, 11) is 2.15. The number of benzene rings is 2. The van der Waals surface area contributed by atoms with E-state index in [4.69, 9.17) is 15.2 Å². The smallest absolute Gasteiger partial charge is 0.209 e. The summed E-state index contributed by atoms with van der Waals surface area (Å²) < 4.78 is 2.30. The maximum absolute atomic E-state index is 8.89. The standard InChI is InChI=1S/C25H30N3.C2H4O2/c1-6-28(17-9-16-26)21-14-12-20(19(2)18-21)13-15-24-25(3,4)22-10-7-8-11-23(22)27(24)5;1-2(3)4/h7-8,10-15,18H,6,9,17H2,1-5H3;1H3,(H,3,4)/q+1;/p-1. The van der Waals surface area contributed by atoms with Crippen LogP contribution in [0.15, 0.2) is 48.5 Å². The van der Waals surface area contributed by atoms with Gasteiger partial charge in [0.1, 0.15) is 7.05 Å². The molecule has 0 N–H and O–H groups in total. The number of carbonyl (C=O) groups is 1. The Morgan fingerprint density at radius 2 is 1.88 bits per heavy atom. The molecule has 32 heavy (non-hydrogen) atoms. The third kappa shape index (κ3) is 5.64. The summed E-state index contributed by atoms with van der Waals surface area (Å²) in [5, 5.41) is 17.8. The first kappa shape index (κ1) is 24.9. The van der Waals surface area contributed by atoms with Gasteiger partial charge in [0.2, 0.25) is 5.69 Å². The Morgan fingerprint density at radius 3 is 2.44 bits per heavy atom. The van der Waals surface area contributed by atoms with Crippen molar-refractivity contribution in [3.63, 3.8) is 0 Å². The molecule has 0 unspecified atom stereocenters. The van der Waals surface area contributed by atoms with Crippen LogP contribution in [0.4, 0.5) is 11.4 Å². The maximum Gasteiger partial charge on any atom is 0.209 e. The van der Waals surface area contributed by atoms with Crippen LogP contribution in [0.5, 0.6) is 0 Å². The molecule has 1 heterocycles. The lowest BCUT2D eigenvalue weighted by Crippen LogP contribution is -2.26. The zero-order valence-corrected chi connectivity index (χ0v) is 20.0. The number of carboxylic acid groups (broad SMARTS) is 1. The van der Waals surface area contributed by atoms with E-state index in [1.807, 2.05) is 0 Å². The van der Waals surface area contributed by atoms with Gasteiger partial charge in [0, 0.05) is 42.5 Å². The van der Waals surface area contributed by atoms with Crippen molar-refractivity contribution >= 4 is 29.1 Å². The summed E-state index contributed by atoms with van der Waals surface area (Å²) in [5.41, 5.74) is 7.63. The first-order chi connectivity index (χ1) is 15.1. The second-order valence-corrected chi connectivity index (χ2v) is 8.44. The minimum atomic E-state index is -1.08. The van der Waals surface area contributed by atoms with Crippen molar-refractivity contribution < 1.29 is 14.5 Å². The number of para-hydroxylation sites is 1. The monoisotopic (exact) mass is 431 g/mol. The van der Waals surface area contributed by atoms with Gasteiger partial charge in [-0.25, -0.2) is 0 Å². The Kier molecular flexibility index (Phi) is 8.37. The van der Waals surface area contributed by atoms with Crippen LogP contribution in [0.1, 0.15) is 50.8 Å². The van der Waals surface area contributed by atoms with Gasteiger partial charge in [-0.2, -0.15) is 9.84 Å². The zero-order chi connectivity index (χ0) is 23.9. The largest absolute Gasteiger partial charge is 0.550 e. The lowest BCUT2D eigenvalue weighted by Gasteiger charge is -2.22. The molecule has 0 spiro atoms. The predicted molar refractivity (Wildman–Crippen MR) is 129 cm³/mol. The van der Waals surface area contributed by atoms with Crippen LogP contribution in [0.2, 0.25) is 0 Å². The molecule has 5 heteroatoms. The molecule has 2 aromatic rings. The molecule has 5 nitrogen and oxygen atoms in total. The Labute approximate surface area is 191 Å². The van der Waals surface area contributed by atoms with Crippen LogP contribution in [-0.4, -0.2) is 36.4 Å². The zero-order valence-electron chi connectivity index (χ0n) is 20.0. The van der Waals surface area contributed by atoms with E-state index in [2.05, 4.69) is 105 Å². The van der Waals surface area contributed by atoms with Gasteiger partial charge in [-0.15, -0.1) is 0 Å². The van der Waals surface area contributed by atoms with Gasteiger partial charge in [0.15, 0.2) is 5.71 Å². The number of aryl methyl sites for hydroxylation is 1. The van der Waals surface area contributed by atoms with Gasteiger partial charge < -0.3 is 14.8 Å². The van der Waals surface area contributed by atoms with E-state index in [1.165, 1.54) is 33.8 Å². The van der Waals surface area contributed by atoms with Crippen molar-refractivity contribution in [1.29, 1.82) is 5.26 Å². The van der Waals surface area contributed by atoms with Crippen LogP contribution in [-0.2, 0) is 10.2 Å². The van der Waals surface area contributed by atoms with Gasteiger partial charge in [0.05, 0.1) is 17.9 Å². The van der Waals surface area contributed by atoms with Gasteiger partial charge in [0.25, 0.3) is 0 Å². The van der Waals surface area contributed by atoms with E-state index in [9.17, 15) is 0 Å². The first-order valence-corrected chi connectivity index (χ1v) is 10.9. The number of nitriles is 1. The van der Waals surface area contributed by atoms with Gasteiger partial charge in [-0.1, -0.05) is 24.3 Å². The summed E-state index contributed by atoms with van der Waals surface area (Å²) in [4.78, 5) is 11.1. The fraction of sp³-hybridized carbons (Fsp3) is 0.370. The topological polar surface area (TPSA) is 70.2 Å². The molecule has 0 saturated carbocycles. The highest BCUT2D eigenvalue weighted by Gasteiger charge is 2.42. The quantitative estimate of drug-likeness (QED) is 0.643. The molecular formula is C27H33N3O2. The molecule has 0 atom stereocenters. The highest BCUT2D eigenvalue weighted by molar-refractivity contribution is 6.05. The van der Waals surface area contributed by atoms with Crippen molar-refractivity contribution in [2.24, 2.45) is 0 Å². The molecule has 1 aliphatic heterocycles. The minimum Gasteiger partial charge on any atom is -0.550 e. The molecule has 0 fully saturated rings. The molecule has 1 aliphatic rings. The number of carboxylic acids is 1. The average molecular weight is 432 g/mol. The molecule has 0 aromatic heterocycles. The Hall–Kier alpha value is -3.39. The summed E-state index contributed by atoms with van der Waals surface area (Å²) in [6.45, 7) is 11.5. The van der Waals surface area contributed by atoms with Crippen LogP contribution in [0.25, 0.3) is 6.08 Å². The van der Waals surface area contributed by atoms with Crippen LogP contribution < -0.4 is 10.0 Å². The second-order valence-electron chi connectivity index (χ2n) is 8.44. The molecule has 0 radical (unpaired) electrons.